The molecule has 1 aliphatic heterocycles. The van der Waals surface area contributed by atoms with E-state index < -0.39 is 6.04 Å². The van der Waals surface area contributed by atoms with Crippen molar-refractivity contribution in [3.05, 3.63) is 35.9 Å². The van der Waals surface area contributed by atoms with Crippen LogP contribution in [0.4, 0.5) is 0 Å². The molecule has 2 amide bonds. The van der Waals surface area contributed by atoms with Gasteiger partial charge in [0.2, 0.25) is 11.8 Å². The zero-order valence-electron chi connectivity index (χ0n) is 12.1. The van der Waals surface area contributed by atoms with E-state index in [0.29, 0.717) is 13.0 Å². The first-order valence-corrected chi connectivity index (χ1v) is 6.96. The van der Waals surface area contributed by atoms with E-state index in [0.717, 1.165) is 18.5 Å². The molecular formula is C15H22ClN3O2. The smallest absolute Gasteiger partial charge is 0.237 e. The Morgan fingerprint density at radius 1 is 1.38 bits per heavy atom. The summed E-state index contributed by atoms with van der Waals surface area (Å²) in [6.45, 7) is 2.91. The van der Waals surface area contributed by atoms with Crippen LogP contribution in [0.25, 0.3) is 0 Å². The largest absolute Gasteiger partial charge is 0.346 e. The molecule has 0 spiro atoms. The van der Waals surface area contributed by atoms with Gasteiger partial charge in [0.05, 0.1) is 12.1 Å². The highest BCUT2D eigenvalue weighted by Crippen LogP contribution is 2.18. The Morgan fingerprint density at radius 3 is 2.57 bits per heavy atom. The van der Waals surface area contributed by atoms with Crippen molar-refractivity contribution < 1.29 is 9.59 Å². The van der Waals surface area contributed by atoms with Crippen LogP contribution in [0.1, 0.15) is 31.4 Å². The number of amides is 2. The van der Waals surface area contributed by atoms with Crippen LogP contribution in [0.5, 0.6) is 0 Å². The Labute approximate surface area is 131 Å². The fourth-order valence-electron chi connectivity index (χ4n) is 2.34. The van der Waals surface area contributed by atoms with Gasteiger partial charge in [-0.1, -0.05) is 30.3 Å². The van der Waals surface area contributed by atoms with Gasteiger partial charge in [-0.3, -0.25) is 9.59 Å². The van der Waals surface area contributed by atoms with Crippen molar-refractivity contribution in [3.63, 3.8) is 0 Å². The highest BCUT2D eigenvalue weighted by atomic mass is 35.5. The van der Waals surface area contributed by atoms with Crippen molar-refractivity contribution in [2.24, 2.45) is 5.73 Å². The molecule has 1 fully saturated rings. The van der Waals surface area contributed by atoms with Gasteiger partial charge in [-0.05, 0) is 18.9 Å². The minimum absolute atomic E-state index is 0. The van der Waals surface area contributed by atoms with Gasteiger partial charge in [-0.15, -0.1) is 12.4 Å². The molecule has 21 heavy (non-hydrogen) atoms. The van der Waals surface area contributed by atoms with Gasteiger partial charge in [0.25, 0.3) is 0 Å². The number of carbonyl (C=O) groups excluding carboxylic acids is 2. The molecule has 116 valence electrons. The summed E-state index contributed by atoms with van der Waals surface area (Å²) in [5, 5.41) is 2.92. The van der Waals surface area contributed by atoms with E-state index in [4.69, 9.17) is 5.73 Å². The van der Waals surface area contributed by atoms with Crippen molar-refractivity contribution in [2.75, 3.05) is 13.1 Å². The molecule has 0 saturated carbocycles. The summed E-state index contributed by atoms with van der Waals surface area (Å²) in [5.41, 5.74) is 6.59. The van der Waals surface area contributed by atoms with Crippen molar-refractivity contribution >= 4 is 24.2 Å². The monoisotopic (exact) mass is 311 g/mol. The number of likely N-dealkylation sites (tertiary alicyclic amines) is 1. The number of rotatable bonds is 5. The third kappa shape index (κ3) is 4.72. The molecular weight excluding hydrogens is 290 g/mol. The molecule has 2 atom stereocenters. The molecule has 0 aliphatic carbocycles. The Balaban J connectivity index is 0.00000220. The van der Waals surface area contributed by atoms with E-state index in [1.54, 1.807) is 11.8 Å². The Hall–Kier alpha value is -1.59. The van der Waals surface area contributed by atoms with Crippen LogP contribution in [0.15, 0.2) is 30.3 Å². The lowest BCUT2D eigenvalue weighted by atomic mass is 10.1. The van der Waals surface area contributed by atoms with Gasteiger partial charge in [-0.25, -0.2) is 0 Å². The molecule has 0 aromatic heterocycles. The van der Waals surface area contributed by atoms with Gasteiger partial charge >= 0.3 is 0 Å². The van der Waals surface area contributed by atoms with Crippen LogP contribution in [0.3, 0.4) is 0 Å². The fraction of sp³-hybridized carbons (Fsp3) is 0.467. The van der Waals surface area contributed by atoms with Crippen LogP contribution in [-0.2, 0) is 9.59 Å². The predicted molar refractivity (Wildman–Crippen MR) is 84.0 cm³/mol. The summed E-state index contributed by atoms with van der Waals surface area (Å²) in [6.07, 6.45) is 1.49. The molecule has 1 aromatic carbocycles. The van der Waals surface area contributed by atoms with Gasteiger partial charge < -0.3 is 16.0 Å². The average Bonchev–Trinajstić information content (AvgIpc) is 2.84. The molecule has 0 radical (unpaired) electrons. The van der Waals surface area contributed by atoms with E-state index >= 15 is 0 Å². The van der Waals surface area contributed by atoms with E-state index in [2.05, 4.69) is 5.32 Å². The highest BCUT2D eigenvalue weighted by Gasteiger charge is 2.25. The summed E-state index contributed by atoms with van der Waals surface area (Å²) in [4.78, 5) is 25.4. The Morgan fingerprint density at radius 2 is 2.05 bits per heavy atom. The molecule has 1 heterocycles. The SMILES string of the molecule is C[C@H](N)C(=O)NC(CN1CCCC1=O)c1ccccc1.Cl. The van der Waals surface area contributed by atoms with E-state index in [9.17, 15) is 9.59 Å². The first-order chi connectivity index (χ1) is 9.58. The third-order valence-corrected chi connectivity index (χ3v) is 3.51. The van der Waals surface area contributed by atoms with Crippen molar-refractivity contribution in [1.82, 2.24) is 10.2 Å². The molecule has 2 rings (SSSR count). The Bertz CT molecular complexity index is 479. The fourth-order valence-corrected chi connectivity index (χ4v) is 2.34. The normalized spacial score (nSPS) is 17.0. The highest BCUT2D eigenvalue weighted by molar-refractivity contribution is 5.85. The minimum atomic E-state index is -0.560. The standard InChI is InChI=1S/C15H21N3O2.ClH/c1-11(16)15(20)17-13(12-6-3-2-4-7-12)10-18-9-5-8-14(18)19;/h2-4,6-7,11,13H,5,8-10,16H2,1H3,(H,17,20);1H/t11-,13?;/m0./s1. The lowest BCUT2D eigenvalue weighted by Crippen LogP contribution is -2.44. The van der Waals surface area contributed by atoms with Crippen LogP contribution < -0.4 is 11.1 Å². The van der Waals surface area contributed by atoms with Crippen LogP contribution in [0, 0.1) is 0 Å². The molecule has 1 aliphatic rings. The second-order valence-corrected chi connectivity index (χ2v) is 5.20. The van der Waals surface area contributed by atoms with Crippen LogP contribution in [-0.4, -0.2) is 35.8 Å². The van der Waals surface area contributed by atoms with Crippen LogP contribution in [0.2, 0.25) is 0 Å². The minimum Gasteiger partial charge on any atom is -0.346 e. The molecule has 1 aromatic rings. The van der Waals surface area contributed by atoms with Gasteiger partial charge in [0.1, 0.15) is 0 Å². The number of hydrogen-bond acceptors (Lipinski definition) is 3. The number of hydrogen-bond donors (Lipinski definition) is 2. The van der Waals surface area contributed by atoms with E-state index in [1.165, 1.54) is 0 Å². The lowest BCUT2D eigenvalue weighted by molar-refractivity contribution is -0.129. The molecule has 1 unspecified atom stereocenters. The molecule has 3 N–H and O–H groups in total. The van der Waals surface area contributed by atoms with E-state index in [1.807, 2.05) is 30.3 Å². The number of nitrogens with two attached hydrogens (primary N) is 1. The molecule has 0 bridgehead atoms. The van der Waals surface area contributed by atoms with Gasteiger partial charge in [0, 0.05) is 19.5 Å². The van der Waals surface area contributed by atoms with E-state index in [-0.39, 0.29) is 30.3 Å². The van der Waals surface area contributed by atoms with Gasteiger partial charge in [0.15, 0.2) is 0 Å². The first-order valence-electron chi connectivity index (χ1n) is 6.96. The third-order valence-electron chi connectivity index (χ3n) is 3.51. The number of carbonyl (C=O) groups is 2. The van der Waals surface area contributed by atoms with Crippen molar-refractivity contribution in [2.45, 2.75) is 31.8 Å². The number of nitrogens with zero attached hydrogens (tertiary/aromatic N) is 1. The molecule has 1 saturated heterocycles. The molecule has 6 heteroatoms. The number of halogens is 1. The summed E-state index contributed by atoms with van der Waals surface area (Å²) >= 11 is 0. The summed E-state index contributed by atoms with van der Waals surface area (Å²) < 4.78 is 0. The second-order valence-electron chi connectivity index (χ2n) is 5.20. The predicted octanol–water partition coefficient (Wildman–Crippen LogP) is 1.24. The quantitative estimate of drug-likeness (QED) is 0.859. The maximum absolute atomic E-state index is 11.8. The Kier molecular flexibility index (Phi) is 6.65. The summed E-state index contributed by atoms with van der Waals surface area (Å²) in [7, 11) is 0. The maximum Gasteiger partial charge on any atom is 0.237 e. The first kappa shape index (κ1) is 17.5. The zero-order chi connectivity index (χ0) is 14.5. The zero-order valence-corrected chi connectivity index (χ0v) is 12.9. The average molecular weight is 312 g/mol. The second kappa shape index (κ2) is 8.00. The van der Waals surface area contributed by atoms with Crippen molar-refractivity contribution in [1.29, 1.82) is 0 Å². The number of benzene rings is 1. The van der Waals surface area contributed by atoms with Crippen molar-refractivity contribution in [3.8, 4) is 0 Å². The number of nitrogens with one attached hydrogen (secondary N) is 1. The molecule has 5 nitrogen and oxygen atoms in total. The van der Waals surface area contributed by atoms with Gasteiger partial charge in [-0.2, -0.15) is 0 Å². The topological polar surface area (TPSA) is 75.4 Å². The summed E-state index contributed by atoms with van der Waals surface area (Å²) in [5.74, 6) is -0.0496. The lowest BCUT2D eigenvalue weighted by Gasteiger charge is -2.25. The summed E-state index contributed by atoms with van der Waals surface area (Å²) in [6, 6.07) is 8.90. The maximum atomic E-state index is 11.8. The van der Waals surface area contributed by atoms with Crippen LogP contribution >= 0.6 is 12.4 Å².